The van der Waals surface area contributed by atoms with Gasteiger partial charge in [0.2, 0.25) is 5.88 Å². The molecule has 2 rings (SSSR count). The fourth-order valence-electron chi connectivity index (χ4n) is 2.09. The SMILES string of the molecule is COC1CCCC(Oc2nc(Cl)c(Cl)cc2Cl)C1. The minimum absolute atomic E-state index is 0.0611. The quantitative estimate of drug-likeness (QED) is 0.776. The second-order valence-corrected chi connectivity index (χ2v) is 5.48. The van der Waals surface area contributed by atoms with Crippen molar-refractivity contribution < 1.29 is 9.47 Å². The normalized spacial score (nSPS) is 24.0. The molecule has 2 atom stereocenters. The van der Waals surface area contributed by atoms with E-state index in [1.165, 1.54) is 0 Å². The summed E-state index contributed by atoms with van der Waals surface area (Å²) in [5, 5.41) is 0.909. The topological polar surface area (TPSA) is 31.4 Å². The Hall–Kier alpha value is -0.220. The lowest BCUT2D eigenvalue weighted by Gasteiger charge is -2.28. The molecule has 0 aromatic carbocycles. The van der Waals surface area contributed by atoms with Crippen LogP contribution in [0.1, 0.15) is 25.7 Å². The Morgan fingerprint density at radius 1 is 1.17 bits per heavy atom. The van der Waals surface area contributed by atoms with Gasteiger partial charge in [0.25, 0.3) is 0 Å². The summed E-state index contributed by atoms with van der Waals surface area (Å²) in [6.07, 6.45) is 4.25. The molecule has 1 saturated carbocycles. The number of ether oxygens (including phenoxy) is 2. The first-order chi connectivity index (χ1) is 8.60. The molecular formula is C12H14Cl3NO2. The summed E-state index contributed by atoms with van der Waals surface area (Å²) in [5.74, 6) is 0.341. The smallest absolute Gasteiger partial charge is 0.234 e. The van der Waals surface area contributed by atoms with Gasteiger partial charge in [0.1, 0.15) is 11.1 Å². The fraction of sp³-hybridized carbons (Fsp3) is 0.583. The molecule has 0 bridgehead atoms. The van der Waals surface area contributed by atoms with Crippen LogP contribution in [0.3, 0.4) is 0 Å². The van der Waals surface area contributed by atoms with E-state index < -0.39 is 0 Å². The molecule has 3 nitrogen and oxygen atoms in total. The van der Waals surface area contributed by atoms with E-state index in [9.17, 15) is 0 Å². The van der Waals surface area contributed by atoms with E-state index in [1.807, 2.05) is 0 Å². The van der Waals surface area contributed by atoms with Gasteiger partial charge in [-0.05, 0) is 25.3 Å². The molecule has 6 heteroatoms. The second-order valence-electron chi connectivity index (χ2n) is 4.31. The Morgan fingerprint density at radius 2 is 1.89 bits per heavy atom. The van der Waals surface area contributed by atoms with E-state index in [4.69, 9.17) is 44.3 Å². The van der Waals surface area contributed by atoms with Gasteiger partial charge in [-0.15, -0.1) is 0 Å². The first kappa shape index (κ1) is 14.2. The van der Waals surface area contributed by atoms with E-state index in [0.29, 0.717) is 15.9 Å². The number of aromatic nitrogens is 1. The second kappa shape index (κ2) is 6.29. The van der Waals surface area contributed by atoms with Crippen LogP contribution in [0, 0.1) is 0 Å². The van der Waals surface area contributed by atoms with E-state index in [-0.39, 0.29) is 17.4 Å². The molecule has 18 heavy (non-hydrogen) atoms. The predicted molar refractivity (Wildman–Crippen MR) is 72.9 cm³/mol. The van der Waals surface area contributed by atoms with Crippen molar-refractivity contribution >= 4 is 34.8 Å². The molecule has 2 unspecified atom stereocenters. The maximum Gasteiger partial charge on any atom is 0.234 e. The molecule has 0 saturated heterocycles. The Morgan fingerprint density at radius 3 is 2.61 bits per heavy atom. The molecule has 0 radical (unpaired) electrons. The van der Waals surface area contributed by atoms with Crippen molar-refractivity contribution in [3.63, 3.8) is 0 Å². The molecule has 1 heterocycles. The Kier molecular flexibility index (Phi) is 4.96. The average molecular weight is 311 g/mol. The average Bonchev–Trinajstić information content (AvgIpc) is 2.36. The molecule has 0 aliphatic heterocycles. The van der Waals surface area contributed by atoms with Crippen molar-refractivity contribution in [3.8, 4) is 5.88 Å². The molecule has 100 valence electrons. The van der Waals surface area contributed by atoms with Gasteiger partial charge in [0, 0.05) is 13.5 Å². The van der Waals surface area contributed by atoms with Crippen LogP contribution in [-0.4, -0.2) is 24.3 Å². The van der Waals surface area contributed by atoms with Crippen molar-refractivity contribution in [1.29, 1.82) is 0 Å². The highest BCUT2D eigenvalue weighted by atomic mass is 35.5. The summed E-state index contributed by atoms with van der Waals surface area (Å²) in [7, 11) is 1.72. The van der Waals surface area contributed by atoms with Crippen LogP contribution in [-0.2, 0) is 4.74 Å². The molecule has 0 N–H and O–H groups in total. The number of halogens is 3. The number of nitrogens with zero attached hydrogens (tertiary/aromatic N) is 1. The van der Waals surface area contributed by atoms with Crippen LogP contribution in [0.15, 0.2) is 6.07 Å². The third-order valence-electron chi connectivity index (χ3n) is 3.04. The van der Waals surface area contributed by atoms with Gasteiger partial charge in [-0.3, -0.25) is 0 Å². The number of pyridine rings is 1. The molecule has 0 spiro atoms. The van der Waals surface area contributed by atoms with E-state index in [1.54, 1.807) is 13.2 Å². The molecular weight excluding hydrogens is 296 g/mol. The Bertz CT molecular complexity index is 428. The Balaban J connectivity index is 2.07. The fourth-order valence-corrected chi connectivity index (χ4v) is 2.63. The summed E-state index contributed by atoms with van der Waals surface area (Å²) < 4.78 is 11.1. The zero-order valence-corrected chi connectivity index (χ0v) is 12.2. The lowest BCUT2D eigenvalue weighted by atomic mass is 9.95. The van der Waals surface area contributed by atoms with Crippen molar-refractivity contribution in [2.45, 2.75) is 37.9 Å². The molecule has 1 aromatic heterocycles. The van der Waals surface area contributed by atoms with Crippen LogP contribution >= 0.6 is 34.8 Å². The van der Waals surface area contributed by atoms with Crippen LogP contribution in [0.2, 0.25) is 15.2 Å². The van der Waals surface area contributed by atoms with Crippen molar-refractivity contribution in [2.24, 2.45) is 0 Å². The maximum absolute atomic E-state index is 6.03. The van der Waals surface area contributed by atoms with Gasteiger partial charge in [-0.2, -0.15) is 4.98 Å². The molecule has 0 amide bonds. The lowest BCUT2D eigenvalue weighted by Crippen LogP contribution is -2.29. The zero-order valence-electron chi connectivity index (χ0n) is 9.96. The minimum atomic E-state index is 0.0611. The molecule has 1 fully saturated rings. The van der Waals surface area contributed by atoms with E-state index >= 15 is 0 Å². The lowest BCUT2D eigenvalue weighted by molar-refractivity contribution is 0.0195. The van der Waals surface area contributed by atoms with Gasteiger partial charge < -0.3 is 9.47 Å². The number of methoxy groups -OCH3 is 1. The highest BCUT2D eigenvalue weighted by Gasteiger charge is 2.24. The largest absolute Gasteiger partial charge is 0.473 e. The highest BCUT2D eigenvalue weighted by molar-refractivity contribution is 6.42. The number of hydrogen-bond donors (Lipinski definition) is 0. The predicted octanol–water partition coefficient (Wildman–Crippen LogP) is 4.38. The summed E-state index contributed by atoms with van der Waals surface area (Å²) in [5.41, 5.74) is 0. The zero-order chi connectivity index (χ0) is 13.1. The summed E-state index contributed by atoms with van der Waals surface area (Å²) in [6.45, 7) is 0. The first-order valence-corrected chi connectivity index (χ1v) is 6.94. The van der Waals surface area contributed by atoms with Gasteiger partial charge in [0.05, 0.1) is 11.1 Å². The van der Waals surface area contributed by atoms with Crippen molar-refractivity contribution in [1.82, 2.24) is 4.98 Å². The number of hydrogen-bond acceptors (Lipinski definition) is 3. The van der Waals surface area contributed by atoms with Crippen LogP contribution in [0.4, 0.5) is 0 Å². The minimum Gasteiger partial charge on any atom is -0.473 e. The van der Waals surface area contributed by atoms with Crippen LogP contribution < -0.4 is 4.74 Å². The van der Waals surface area contributed by atoms with Crippen LogP contribution in [0.5, 0.6) is 5.88 Å². The standard InChI is InChI=1S/C12H14Cl3NO2/c1-17-7-3-2-4-8(5-7)18-12-10(14)6-9(13)11(15)16-12/h6-8H,2-5H2,1H3. The summed E-state index contributed by atoms with van der Waals surface area (Å²) in [4.78, 5) is 4.06. The van der Waals surface area contributed by atoms with E-state index in [2.05, 4.69) is 4.98 Å². The molecule has 1 aliphatic rings. The van der Waals surface area contributed by atoms with Gasteiger partial charge in [-0.1, -0.05) is 34.8 Å². The van der Waals surface area contributed by atoms with Crippen molar-refractivity contribution in [3.05, 3.63) is 21.3 Å². The summed E-state index contributed by atoms with van der Waals surface area (Å²) >= 11 is 17.7. The maximum atomic E-state index is 6.03. The molecule has 1 aromatic rings. The third kappa shape index (κ3) is 3.41. The highest BCUT2D eigenvalue weighted by Crippen LogP contribution is 2.33. The van der Waals surface area contributed by atoms with Crippen molar-refractivity contribution in [2.75, 3.05) is 7.11 Å². The molecule has 1 aliphatic carbocycles. The summed E-state index contributed by atoms with van der Waals surface area (Å²) in [6, 6.07) is 1.55. The number of rotatable bonds is 3. The first-order valence-electron chi connectivity index (χ1n) is 5.81. The van der Waals surface area contributed by atoms with Gasteiger partial charge in [-0.25, -0.2) is 0 Å². The Labute approximate surface area is 121 Å². The van der Waals surface area contributed by atoms with Crippen LogP contribution in [0.25, 0.3) is 0 Å². The van der Waals surface area contributed by atoms with E-state index in [0.717, 1.165) is 25.7 Å². The third-order valence-corrected chi connectivity index (χ3v) is 3.99. The monoisotopic (exact) mass is 309 g/mol. The van der Waals surface area contributed by atoms with Gasteiger partial charge in [0.15, 0.2) is 5.15 Å². The van der Waals surface area contributed by atoms with Gasteiger partial charge >= 0.3 is 0 Å².